The van der Waals surface area contributed by atoms with Gasteiger partial charge in [0.2, 0.25) is 5.91 Å². The summed E-state index contributed by atoms with van der Waals surface area (Å²) in [5.74, 6) is 0.899. The van der Waals surface area contributed by atoms with Crippen molar-refractivity contribution in [1.29, 1.82) is 0 Å². The smallest absolute Gasteiger partial charge is 0.236 e. The molecule has 4 nitrogen and oxygen atoms in total. The second-order valence-corrected chi connectivity index (χ2v) is 9.44. The van der Waals surface area contributed by atoms with Crippen molar-refractivity contribution in [3.8, 4) is 0 Å². The summed E-state index contributed by atoms with van der Waals surface area (Å²) >= 11 is 6.59. The van der Waals surface area contributed by atoms with Crippen LogP contribution in [0, 0.1) is 5.92 Å². The van der Waals surface area contributed by atoms with Gasteiger partial charge in [-0.05, 0) is 54.5 Å². The number of carbonyl (C=O) groups excluding carboxylic acids is 1. The molecular weight excluding hydrogens is 418 g/mol. The highest BCUT2D eigenvalue weighted by atomic mass is 35.5. The molecule has 1 fully saturated rings. The van der Waals surface area contributed by atoms with E-state index in [2.05, 4.69) is 69.1 Å². The van der Waals surface area contributed by atoms with Gasteiger partial charge in [-0.15, -0.1) is 0 Å². The third kappa shape index (κ3) is 4.48. The fourth-order valence-electron chi connectivity index (χ4n) is 5.26. The molecule has 3 heterocycles. The van der Waals surface area contributed by atoms with Crippen molar-refractivity contribution in [3.05, 3.63) is 94.8 Å². The first-order valence-corrected chi connectivity index (χ1v) is 12.0. The molecular formula is C27H30ClN3O. The second kappa shape index (κ2) is 9.51. The fraction of sp³-hybridized carbons (Fsp3) is 0.370. The van der Waals surface area contributed by atoms with Crippen LogP contribution in [-0.2, 0) is 17.8 Å². The van der Waals surface area contributed by atoms with Gasteiger partial charge in [-0.2, -0.15) is 0 Å². The molecule has 2 aliphatic rings. The van der Waals surface area contributed by atoms with E-state index < -0.39 is 0 Å². The van der Waals surface area contributed by atoms with Crippen LogP contribution in [0.2, 0.25) is 5.02 Å². The summed E-state index contributed by atoms with van der Waals surface area (Å²) < 4.78 is 2.28. The SMILES string of the molecule is O=C(CN1CCn2cccc2C1c1ccccc1Cl)N1CCC(Cc2ccccc2)CC1. The molecule has 1 saturated heterocycles. The number of hydrogen-bond donors (Lipinski definition) is 0. The maximum absolute atomic E-state index is 13.3. The minimum absolute atomic E-state index is 0.00650. The van der Waals surface area contributed by atoms with Crippen LogP contribution in [0.25, 0.3) is 0 Å². The summed E-state index contributed by atoms with van der Waals surface area (Å²) in [5, 5.41) is 0.756. The standard InChI is InChI=1S/C27H30ClN3O/c28-24-10-5-4-9-23(24)27-25-11-6-14-29(25)17-18-31(27)20-26(32)30-15-12-22(13-16-30)19-21-7-2-1-3-8-21/h1-11,14,22,27H,12-13,15-20H2. The molecule has 5 rings (SSSR count). The number of fused-ring (bicyclic) bond motifs is 1. The van der Waals surface area contributed by atoms with Crippen molar-refractivity contribution in [2.45, 2.75) is 31.8 Å². The highest BCUT2D eigenvalue weighted by Gasteiger charge is 2.33. The molecule has 1 amide bonds. The number of hydrogen-bond acceptors (Lipinski definition) is 2. The van der Waals surface area contributed by atoms with Gasteiger partial charge in [0.1, 0.15) is 0 Å². The lowest BCUT2D eigenvalue weighted by atomic mass is 9.90. The predicted molar refractivity (Wildman–Crippen MR) is 129 cm³/mol. The maximum atomic E-state index is 13.3. The molecule has 3 aromatic rings. The number of piperidine rings is 1. The van der Waals surface area contributed by atoms with Crippen LogP contribution in [0.1, 0.15) is 35.7 Å². The zero-order chi connectivity index (χ0) is 21.9. The molecule has 2 aliphatic heterocycles. The Kier molecular flexibility index (Phi) is 6.33. The van der Waals surface area contributed by atoms with Crippen LogP contribution in [0.3, 0.4) is 0 Å². The van der Waals surface area contributed by atoms with E-state index in [9.17, 15) is 4.79 Å². The number of carbonyl (C=O) groups is 1. The Morgan fingerprint density at radius 3 is 2.41 bits per heavy atom. The molecule has 1 atom stereocenters. The largest absolute Gasteiger partial charge is 0.348 e. The normalized spacial score (nSPS) is 19.7. The lowest BCUT2D eigenvalue weighted by Crippen LogP contribution is -2.47. The van der Waals surface area contributed by atoms with Crippen LogP contribution < -0.4 is 0 Å². The van der Waals surface area contributed by atoms with Gasteiger partial charge < -0.3 is 9.47 Å². The molecule has 0 radical (unpaired) electrons. The van der Waals surface area contributed by atoms with Gasteiger partial charge in [0.25, 0.3) is 0 Å². The predicted octanol–water partition coefficient (Wildman–Crippen LogP) is 5.03. The van der Waals surface area contributed by atoms with Gasteiger partial charge >= 0.3 is 0 Å². The van der Waals surface area contributed by atoms with E-state index in [-0.39, 0.29) is 11.9 Å². The number of rotatable bonds is 5. The maximum Gasteiger partial charge on any atom is 0.236 e. The number of benzene rings is 2. The molecule has 0 bridgehead atoms. The number of nitrogens with zero attached hydrogens (tertiary/aromatic N) is 3. The van der Waals surface area contributed by atoms with Crippen molar-refractivity contribution in [1.82, 2.24) is 14.4 Å². The van der Waals surface area contributed by atoms with E-state index in [0.29, 0.717) is 12.5 Å². The summed E-state index contributed by atoms with van der Waals surface area (Å²) in [6.45, 7) is 3.89. The Morgan fingerprint density at radius 2 is 1.62 bits per heavy atom. The van der Waals surface area contributed by atoms with Gasteiger partial charge in [-0.25, -0.2) is 0 Å². The molecule has 0 N–H and O–H groups in total. The zero-order valence-electron chi connectivity index (χ0n) is 18.4. The van der Waals surface area contributed by atoms with Gasteiger partial charge in [-0.1, -0.05) is 60.1 Å². The first kappa shape index (κ1) is 21.3. The first-order valence-electron chi connectivity index (χ1n) is 11.6. The summed E-state index contributed by atoms with van der Waals surface area (Å²) in [4.78, 5) is 17.7. The van der Waals surface area contributed by atoms with Crippen molar-refractivity contribution in [3.63, 3.8) is 0 Å². The van der Waals surface area contributed by atoms with E-state index >= 15 is 0 Å². The molecule has 1 aromatic heterocycles. The van der Waals surface area contributed by atoms with Crippen molar-refractivity contribution in [2.75, 3.05) is 26.2 Å². The van der Waals surface area contributed by atoms with Gasteiger partial charge in [0.15, 0.2) is 0 Å². The lowest BCUT2D eigenvalue weighted by Gasteiger charge is -2.39. The third-order valence-corrected chi connectivity index (χ3v) is 7.35. The molecule has 5 heteroatoms. The number of amides is 1. The quantitative estimate of drug-likeness (QED) is 0.549. The van der Waals surface area contributed by atoms with Crippen molar-refractivity contribution < 1.29 is 4.79 Å². The fourth-order valence-corrected chi connectivity index (χ4v) is 5.50. The van der Waals surface area contributed by atoms with Gasteiger partial charge in [-0.3, -0.25) is 9.69 Å². The van der Waals surface area contributed by atoms with E-state index in [4.69, 9.17) is 11.6 Å². The van der Waals surface area contributed by atoms with Crippen LogP contribution in [0.15, 0.2) is 72.9 Å². The highest BCUT2D eigenvalue weighted by molar-refractivity contribution is 6.31. The van der Waals surface area contributed by atoms with E-state index in [1.807, 2.05) is 18.2 Å². The Bertz CT molecular complexity index is 1060. The summed E-state index contributed by atoms with van der Waals surface area (Å²) in [7, 11) is 0. The molecule has 1 unspecified atom stereocenters. The van der Waals surface area contributed by atoms with Gasteiger partial charge in [0.05, 0.1) is 12.6 Å². The van der Waals surface area contributed by atoms with Crippen molar-refractivity contribution in [2.24, 2.45) is 5.92 Å². The van der Waals surface area contributed by atoms with Crippen LogP contribution in [0.5, 0.6) is 0 Å². The number of aromatic nitrogens is 1. The Labute approximate surface area is 195 Å². The third-order valence-electron chi connectivity index (χ3n) is 7.01. The van der Waals surface area contributed by atoms with E-state index in [1.54, 1.807) is 0 Å². The highest BCUT2D eigenvalue weighted by Crippen LogP contribution is 2.36. The van der Waals surface area contributed by atoms with Crippen LogP contribution in [0.4, 0.5) is 0 Å². The zero-order valence-corrected chi connectivity index (χ0v) is 19.1. The van der Waals surface area contributed by atoms with Gasteiger partial charge in [0, 0.05) is 43.1 Å². The average molecular weight is 448 g/mol. The summed E-state index contributed by atoms with van der Waals surface area (Å²) in [6, 6.07) is 23.0. The summed E-state index contributed by atoms with van der Waals surface area (Å²) in [5.41, 5.74) is 3.68. The minimum atomic E-state index is 0.00650. The number of likely N-dealkylation sites (tertiary alicyclic amines) is 1. The lowest BCUT2D eigenvalue weighted by molar-refractivity contribution is -0.134. The molecule has 2 aromatic carbocycles. The van der Waals surface area contributed by atoms with Crippen LogP contribution >= 0.6 is 11.6 Å². The first-order chi connectivity index (χ1) is 15.7. The second-order valence-electron chi connectivity index (χ2n) is 9.03. The Morgan fingerprint density at radius 1 is 0.875 bits per heavy atom. The van der Waals surface area contributed by atoms with Crippen molar-refractivity contribution >= 4 is 17.5 Å². The summed E-state index contributed by atoms with van der Waals surface area (Å²) in [6.07, 6.45) is 5.39. The molecule has 32 heavy (non-hydrogen) atoms. The molecule has 0 saturated carbocycles. The molecule has 0 aliphatic carbocycles. The monoisotopic (exact) mass is 447 g/mol. The molecule has 166 valence electrons. The Balaban J connectivity index is 1.25. The molecule has 0 spiro atoms. The van der Waals surface area contributed by atoms with E-state index in [0.717, 1.165) is 56.0 Å². The van der Waals surface area contributed by atoms with Crippen LogP contribution in [-0.4, -0.2) is 46.5 Å². The topological polar surface area (TPSA) is 28.5 Å². The van der Waals surface area contributed by atoms with E-state index in [1.165, 1.54) is 11.3 Å². The Hall–Kier alpha value is -2.56. The average Bonchev–Trinajstić information content (AvgIpc) is 3.30. The number of halogens is 1. The minimum Gasteiger partial charge on any atom is -0.348 e.